The highest BCUT2D eigenvalue weighted by Gasteiger charge is 2.28. The van der Waals surface area contributed by atoms with Gasteiger partial charge in [-0.15, -0.1) is 0 Å². The van der Waals surface area contributed by atoms with Crippen LogP contribution < -0.4 is 4.74 Å². The normalized spacial score (nSPS) is 15.5. The van der Waals surface area contributed by atoms with Gasteiger partial charge in [-0.2, -0.15) is 0 Å². The van der Waals surface area contributed by atoms with Crippen LogP contribution in [0.4, 0.5) is 0 Å². The van der Waals surface area contributed by atoms with E-state index < -0.39 is 0 Å². The zero-order valence-corrected chi connectivity index (χ0v) is 13.7. The standard InChI is InChI=1S/C18H22N2O3/c1-11(10-21)20(2)18(22)15-9-17(12-4-5-12)19-16-7-6-13(23-3)8-14(15)16/h6-9,11-12,21H,4-5,10H2,1-3H3. The number of pyridine rings is 1. The van der Waals surface area contributed by atoms with Gasteiger partial charge in [-0.05, 0) is 44.0 Å². The molecule has 1 N–H and O–H groups in total. The van der Waals surface area contributed by atoms with Gasteiger partial charge in [0.05, 0.1) is 30.8 Å². The third-order valence-electron chi connectivity index (χ3n) is 4.51. The fourth-order valence-electron chi connectivity index (χ4n) is 2.63. The lowest BCUT2D eigenvalue weighted by atomic mass is 10.0. The molecule has 0 saturated heterocycles. The highest BCUT2D eigenvalue weighted by molar-refractivity contribution is 6.06. The third-order valence-corrected chi connectivity index (χ3v) is 4.51. The molecular formula is C18H22N2O3. The molecule has 0 aliphatic heterocycles. The number of aromatic nitrogens is 1. The molecule has 1 saturated carbocycles. The first-order valence-corrected chi connectivity index (χ1v) is 7.92. The van der Waals surface area contributed by atoms with Crippen molar-refractivity contribution in [2.75, 3.05) is 20.8 Å². The summed E-state index contributed by atoms with van der Waals surface area (Å²) < 4.78 is 5.28. The van der Waals surface area contributed by atoms with Gasteiger partial charge in [0.2, 0.25) is 0 Å². The summed E-state index contributed by atoms with van der Waals surface area (Å²) in [5.41, 5.74) is 2.42. The van der Waals surface area contributed by atoms with Crippen molar-refractivity contribution < 1.29 is 14.6 Å². The zero-order chi connectivity index (χ0) is 16.6. The number of aliphatic hydroxyl groups excluding tert-OH is 1. The molecule has 3 rings (SSSR count). The monoisotopic (exact) mass is 314 g/mol. The summed E-state index contributed by atoms with van der Waals surface area (Å²) in [5.74, 6) is 1.06. The molecule has 2 aromatic rings. The van der Waals surface area contributed by atoms with E-state index in [1.165, 1.54) is 0 Å². The van der Waals surface area contributed by atoms with Crippen molar-refractivity contribution in [2.24, 2.45) is 0 Å². The van der Waals surface area contributed by atoms with E-state index in [1.807, 2.05) is 31.2 Å². The van der Waals surface area contributed by atoms with Crippen LogP contribution in [0.25, 0.3) is 10.9 Å². The Hall–Kier alpha value is -2.14. The van der Waals surface area contributed by atoms with Crippen molar-refractivity contribution in [3.05, 3.63) is 35.5 Å². The molecule has 1 atom stereocenters. The molecule has 1 aliphatic carbocycles. The molecule has 1 heterocycles. The smallest absolute Gasteiger partial charge is 0.254 e. The lowest BCUT2D eigenvalue weighted by molar-refractivity contribution is 0.0684. The van der Waals surface area contributed by atoms with Crippen molar-refractivity contribution in [2.45, 2.75) is 31.7 Å². The Morgan fingerprint density at radius 2 is 2.17 bits per heavy atom. The highest BCUT2D eigenvalue weighted by atomic mass is 16.5. The Morgan fingerprint density at radius 3 is 2.78 bits per heavy atom. The number of fused-ring (bicyclic) bond motifs is 1. The van der Waals surface area contributed by atoms with Crippen LogP contribution in [0.3, 0.4) is 0 Å². The van der Waals surface area contributed by atoms with Crippen LogP contribution in [-0.4, -0.2) is 47.7 Å². The molecule has 1 amide bonds. The molecule has 122 valence electrons. The Bertz CT molecular complexity index is 740. The van der Waals surface area contributed by atoms with Crippen LogP contribution >= 0.6 is 0 Å². The first kappa shape index (κ1) is 15.7. The van der Waals surface area contributed by atoms with Crippen LogP contribution in [0.15, 0.2) is 24.3 Å². The molecule has 1 aromatic heterocycles. The number of hydrogen-bond donors (Lipinski definition) is 1. The summed E-state index contributed by atoms with van der Waals surface area (Å²) in [6, 6.07) is 7.28. The molecule has 0 radical (unpaired) electrons. The predicted octanol–water partition coefficient (Wildman–Crippen LogP) is 2.57. The Labute approximate surface area is 135 Å². The minimum absolute atomic E-state index is 0.0654. The minimum atomic E-state index is -0.235. The van der Waals surface area contributed by atoms with E-state index in [9.17, 15) is 9.90 Å². The maximum atomic E-state index is 12.9. The van der Waals surface area contributed by atoms with Gasteiger partial charge >= 0.3 is 0 Å². The molecule has 1 fully saturated rings. The number of ether oxygens (including phenoxy) is 1. The molecule has 5 nitrogen and oxygen atoms in total. The van der Waals surface area contributed by atoms with Crippen LogP contribution in [0.1, 0.15) is 41.7 Å². The molecule has 5 heteroatoms. The van der Waals surface area contributed by atoms with Gasteiger partial charge < -0.3 is 14.7 Å². The summed E-state index contributed by atoms with van der Waals surface area (Å²) in [6.45, 7) is 1.76. The molecule has 1 aromatic carbocycles. The van der Waals surface area contributed by atoms with E-state index >= 15 is 0 Å². The quantitative estimate of drug-likeness (QED) is 0.921. The van der Waals surface area contributed by atoms with Crippen molar-refractivity contribution in [3.8, 4) is 5.75 Å². The Balaban J connectivity index is 2.13. The van der Waals surface area contributed by atoms with E-state index in [0.29, 0.717) is 17.2 Å². The maximum Gasteiger partial charge on any atom is 0.254 e. The van der Waals surface area contributed by atoms with E-state index in [2.05, 4.69) is 0 Å². The largest absolute Gasteiger partial charge is 0.497 e. The Morgan fingerprint density at radius 1 is 1.43 bits per heavy atom. The second-order valence-corrected chi connectivity index (χ2v) is 6.20. The number of carbonyl (C=O) groups excluding carboxylic acids is 1. The number of carbonyl (C=O) groups is 1. The summed E-state index contributed by atoms with van der Waals surface area (Å²) in [6.07, 6.45) is 2.26. The van der Waals surface area contributed by atoms with E-state index in [4.69, 9.17) is 9.72 Å². The van der Waals surface area contributed by atoms with Crippen LogP contribution in [0, 0.1) is 0 Å². The second kappa shape index (κ2) is 6.16. The number of likely N-dealkylation sites (N-methyl/N-ethyl adjacent to an activating group) is 1. The average molecular weight is 314 g/mol. The van der Waals surface area contributed by atoms with Gasteiger partial charge in [0.15, 0.2) is 0 Å². The second-order valence-electron chi connectivity index (χ2n) is 6.20. The maximum absolute atomic E-state index is 12.9. The number of amides is 1. The van der Waals surface area contributed by atoms with Crippen LogP contribution in [0.5, 0.6) is 5.75 Å². The van der Waals surface area contributed by atoms with Gasteiger partial charge in [0.1, 0.15) is 5.75 Å². The first-order chi connectivity index (χ1) is 11.0. The third kappa shape index (κ3) is 3.01. The van der Waals surface area contributed by atoms with Crippen LogP contribution in [0.2, 0.25) is 0 Å². The topological polar surface area (TPSA) is 62.7 Å². The molecule has 0 bridgehead atoms. The minimum Gasteiger partial charge on any atom is -0.497 e. The van der Waals surface area contributed by atoms with Gasteiger partial charge in [-0.1, -0.05) is 0 Å². The molecular weight excluding hydrogens is 292 g/mol. The predicted molar refractivity (Wildman–Crippen MR) is 88.9 cm³/mol. The fourth-order valence-corrected chi connectivity index (χ4v) is 2.63. The summed E-state index contributed by atoms with van der Waals surface area (Å²) >= 11 is 0. The van der Waals surface area contributed by atoms with Crippen molar-refractivity contribution in [3.63, 3.8) is 0 Å². The zero-order valence-electron chi connectivity index (χ0n) is 13.7. The Kier molecular flexibility index (Phi) is 4.22. The number of nitrogens with zero attached hydrogens (tertiary/aromatic N) is 2. The summed E-state index contributed by atoms with van der Waals surface area (Å²) in [4.78, 5) is 19.2. The molecule has 1 aliphatic rings. The number of methoxy groups -OCH3 is 1. The molecule has 0 spiro atoms. The van der Waals surface area contributed by atoms with Crippen molar-refractivity contribution in [1.82, 2.24) is 9.88 Å². The van der Waals surface area contributed by atoms with Crippen molar-refractivity contribution in [1.29, 1.82) is 0 Å². The number of hydrogen-bond acceptors (Lipinski definition) is 4. The molecule has 23 heavy (non-hydrogen) atoms. The number of rotatable bonds is 5. The average Bonchev–Trinajstić information content (AvgIpc) is 3.43. The van der Waals surface area contributed by atoms with E-state index in [-0.39, 0.29) is 18.6 Å². The van der Waals surface area contributed by atoms with Gasteiger partial charge in [-0.3, -0.25) is 9.78 Å². The van der Waals surface area contributed by atoms with Gasteiger partial charge in [-0.25, -0.2) is 0 Å². The number of benzene rings is 1. The molecule has 1 unspecified atom stereocenters. The van der Waals surface area contributed by atoms with E-state index in [1.54, 1.807) is 19.1 Å². The number of aliphatic hydroxyl groups is 1. The lowest BCUT2D eigenvalue weighted by Crippen LogP contribution is -2.37. The van der Waals surface area contributed by atoms with Crippen molar-refractivity contribution >= 4 is 16.8 Å². The SMILES string of the molecule is COc1ccc2nc(C3CC3)cc(C(=O)N(C)C(C)CO)c2c1. The summed E-state index contributed by atoms with van der Waals surface area (Å²) in [5, 5.41) is 10.1. The fraction of sp³-hybridized carbons (Fsp3) is 0.444. The van der Waals surface area contributed by atoms with Gasteiger partial charge in [0, 0.05) is 24.0 Å². The van der Waals surface area contributed by atoms with Gasteiger partial charge in [0.25, 0.3) is 5.91 Å². The highest BCUT2D eigenvalue weighted by Crippen LogP contribution is 2.40. The van der Waals surface area contributed by atoms with Crippen LogP contribution in [-0.2, 0) is 0 Å². The first-order valence-electron chi connectivity index (χ1n) is 7.92. The van der Waals surface area contributed by atoms with E-state index in [0.717, 1.165) is 29.4 Å². The lowest BCUT2D eigenvalue weighted by Gasteiger charge is -2.24. The summed E-state index contributed by atoms with van der Waals surface area (Å²) in [7, 11) is 3.32.